The third kappa shape index (κ3) is 4.83. The quantitative estimate of drug-likeness (QED) is 0.838. The lowest BCUT2D eigenvalue weighted by Gasteiger charge is -2.29. The smallest absolute Gasteiger partial charge is 0.220 e. The molecule has 1 amide bonds. The lowest BCUT2D eigenvalue weighted by molar-refractivity contribution is -0.123. The molecular formula is C21H32N2O. The zero-order chi connectivity index (χ0) is 16.8. The van der Waals surface area contributed by atoms with Gasteiger partial charge in [0.2, 0.25) is 5.91 Å². The summed E-state index contributed by atoms with van der Waals surface area (Å²) in [7, 11) is 0. The van der Waals surface area contributed by atoms with Crippen molar-refractivity contribution in [3.05, 3.63) is 35.9 Å². The molecule has 3 atom stereocenters. The summed E-state index contributed by atoms with van der Waals surface area (Å²) < 4.78 is 0. The van der Waals surface area contributed by atoms with Crippen LogP contribution in [0.1, 0.15) is 51.0 Å². The van der Waals surface area contributed by atoms with Crippen molar-refractivity contribution in [3.63, 3.8) is 0 Å². The van der Waals surface area contributed by atoms with Gasteiger partial charge in [-0.2, -0.15) is 0 Å². The second kappa shape index (κ2) is 8.66. The van der Waals surface area contributed by atoms with E-state index in [4.69, 9.17) is 0 Å². The fraction of sp³-hybridized carbons (Fsp3) is 0.667. The predicted molar refractivity (Wildman–Crippen MR) is 98.8 cm³/mol. The fourth-order valence-electron chi connectivity index (χ4n) is 4.53. The maximum Gasteiger partial charge on any atom is 0.220 e. The van der Waals surface area contributed by atoms with Crippen LogP contribution < -0.4 is 10.6 Å². The van der Waals surface area contributed by atoms with Crippen molar-refractivity contribution < 1.29 is 4.79 Å². The molecule has 24 heavy (non-hydrogen) atoms. The van der Waals surface area contributed by atoms with Crippen LogP contribution in [0.4, 0.5) is 0 Å². The Labute approximate surface area is 146 Å². The van der Waals surface area contributed by atoms with Crippen molar-refractivity contribution in [2.45, 2.75) is 57.9 Å². The fourth-order valence-corrected chi connectivity index (χ4v) is 4.53. The van der Waals surface area contributed by atoms with Crippen molar-refractivity contribution in [2.24, 2.45) is 17.8 Å². The number of amides is 1. The highest BCUT2D eigenvalue weighted by molar-refractivity contribution is 5.76. The third-order valence-electron chi connectivity index (χ3n) is 6.04. The molecular weight excluding hydrogens is 296 g/mol. The largest absolute Gasteiger partial charge is 0.353 e. The lowest BCUT2D eigenvalue weighted by atomic mass is 9.84. The van der Waals surface area contributed by atoms with Gasteiger partial charge in [-0.25, -0.2) is 0 Å². The molecule has 0 bridgehead atoms. The second-order valence-electron chi connectivity index (χ2n) is 7.82. The van der Waals surface area contributed by atoms with Gasteiger partial charge in [-0.3, -0.25) is 4.79 Å². The summed E-state index contributed by atoms with van der Waals surface area (Å²) in [5.74, 6) is 2.08. The van der Waals surface area contributed by atoms with Gasteiger partial charge in [0.15, 0.2) is 0 Å². The number of benzene rings is 1. The molecule has 1 saturated heterocycles. The minimum absolute atomic E-state index is 0.269. The van der Waals surface area contributed by atoms with Crippen molar-refractivity contribution in [3.8, 4) is 0 Å². The van der Waals surface area contributed by atoms with E-state index in [0.717, 1.165) is 25.9 Å². The van der Waals surface area contributed by atoms with Crippen LogP contribution in [0.15, 0.2) is 30.3 Å². The summed E-state index contributed by atoms with van der Waals surface area (Å²) in [6.07, 6.45) is 7.85. The molecule has 3 heteroatoms. The number of hydrogen-bond acceptors (Lipinski definition) is 2. The third-order valence-corrected chi connectivity index (χ3v) is 6.04. The summed E-state index contributed by atoms with van der Waals surface area (Å²) >= 11 is 0. The molecule has 1 saturated carbocycles. The van der Waals surface area contributed by atoms with Gasteiger partial charge >= 0.3 is 0 Å². The summed E-state index contributed by atoms with van der Waals surface area (Å²) in [4.78, 5) is 12.5. The first-order valence-corrected chi connectivity index (χ1v) is 9.76. The van der Waals surface area contributed by atoms with E-state index in [-0.39, 0.29) is 5.91 Å². The monoisotopic (exact) mass is 328 g/mol. The summed E-state index contributed by atoms with van der Waals surface area (Å²) in [5, 5.41) is 6.77. The molecule has 0 spiro atoms. The number of carbonyl (C=O) groups excluding carboxylic acids is 1. The standard InChI is InChI=1S/C21H32N2O/c1-16(18-10-12-22-13-11-18)14-21(24)23-20-9-5-8-19(20)15-17-6-3-2-4-7-17/h2-4,6-7,16,18-20,22H,5,8-15H2,1H3,(H,23,24). The van der Waals surface area contributed by atoms with Crippen LogP contribution in [-0.4, -0.2) is 25.0 Å². The average molecular weight is 329 g/mol. The number of hydrogen-bond donors (Lipinski definition) is 2. The van der Waals surface area contributed by atoms with Crippen LogP contribution in [0.2, 0.25) is 0 Å². The van der Waals surface area contributed by atoms with E-state index in [0.29, 0.717) is 30.2 Å². The minimum Gasteiger partial charge on any atom is -0.353 e. The van der Waals surface area contributed by atoms with Crippen LogP contribution in [-0.2, 0) is 11.2 Å². The Morgan fingerprint density at radius 1 is 1.17 bits per heavy atom. The Bertz CT molecular complexity index is 510. The van der Waals surface area contributed by atoms with Gasteiger partial charge in [0.05, 0.1) is 0 Å². The van der Waals surface area contributed by atoms with E-state index < -0.39 is 0 Å². The molecule has 3 rings (SSSR count). The SMILES string of the molecule is CC(CC(=O)NC1CCCC1Cc1ccccc1)C1CCNCC1. The van der Waals surface area contributed by atoms with Gasteiger partial charge in [0.25, 0.3) is 0 Å². The topological polar surface area (TPSA) is 41.1 Å². The number of rotatable bonds is 6. The first-order valence-electron chi connectivity index (χ1n) is 9.76. The Kier molecular flexibility index (Phi) is 6.30. The molecule has 1 heterocycles. The lowest BCUT2D eigenvalue weighted by Crippen LogP contribution is -2.40. The number of piperidine rings is 1. The van der Waals surface area contributed by atoms with Crippen molar-refractivity contribution >= 4 is 5.91 Å². The van der Waals surface area contributed by atoms with Gasteiger partial charge in [-0.1, -0.05) is 43.7 Å². The second-order valence-corrected chi connectivity index (χ2v) is 7.82. The van der Waals surface area contributed by atoms with Gasteiger partial charge in [-0.15, -0.1) is 0 Å². The number of carbonyl (C=O) groups is 1. The molecule has 2 fully saturated rings. The molecule has 3 unspecified atom stereocenters. The van der Waals surface area contributed by atoms with Gasteiger partial charge in [0, 0.05) is 12.5 Å². The van der Waals surface area contributed by atoms with E-state index in [1.807, 2.05) is 0 Å². The average Bonchev–Trinajstić information content (AvgIpc) is 3.03. The Morgan fingerprint density at radius 3 is 2.67 bits per heavy atom. The van der Waals surface area contributed by atoms with E-state index in [1.165, 1.54) is 31.2 Å². The minimum atomic E-state index is 0.269. The van der Waals surface area contributed by atoms with E-state index >= 15 is 0 Å². The summed E-state index contributed by atoms with van der Waals surface area (Å²) in [5.41, 5.74) is 1.40. The Balaban J connectivity index is 1.47. The Hall–Kier alpha value is -1.35. The molecule has 1 aromatic carbocycles. The molecule has 2 N–H and O–H groups in total. The van der Waals surface area contributed by atoms with Crippen LogP contribution >= 0.6 is 0 Å². The molecule has 3 nitrogen and oxygen atoms in total. The van der Waals surface area contributed by atoms with Crippen molar-refractivity contribution in [1.29, 1.82) is 0 Å². The first-order chi connectivity index (χ1) is 11.7. The van der Waals surface area contributed by atoms with Crippen molar-refractivity contribution in [1.82, 2.24) is 10.6 Å². The van der Waals surface area contributed by atoms with E-state index in [9.17, 15) is 4.79 Å². The van der Waals surface area contributed by atoms with Crippen LogP contribution in [0.3, 0.4) is 0 Å². The highest BCUT2D eigenvalue weighted by atomic mass is 16.1. The van der Waals surface area contributed by atoms with E-state index in [1.54, 1.807) is 0 Å². The summed E-state index contributed by atoms with van der Waals surface area (Å²) in [6.45, 7) is 4.47. The van der Waals surface area contributed by atoms with Gasteiger partial charge in [-0.05, 0) is 68.5 Å². The zero-order valence-electron chi connectivity index (χ0n) is 15.0. The molecule has 0 radical (unpaired) electrons. The maximum atomic E-state index is 12.5. The zero-order valence-corrected chi connectivity index (χ0v) is 15.0. The summed E-state index contributed by atoms with van der Waals surface area (Å²) in [6, 6.07) is 11.1. The van der Waals surface area contributed by atoms with Crippen molar-refractivity contribution in [2.75, 3.05) is 13.1 Å². The van der Waals surface area contributed by atoms with Gasteiger partial charge in [0.1, 0.15) is 0 Å². The first kappa shape index (κ1) is 17.5. The highest BCUT2D eigenvalue weighted by Crippen LogP contribution is 2.30. The molecule has 1 aliphatic heterocycles. The van der Waals surface area contributed by atoms with Gasteiger partial charge < -0.3 is 10.6 Å². The molecule has 132 valence electrons. The molecule has 2 aliphatic rings. The predicted octanol–water partition coefficient (Wildman–Crippen LogP) is 3.54. The van der Waals surface area contributed by atoms with E-state index in [2.05, 4.69) is 47.9 Å². The molecule has 0 aromatic heterocycles. The molecule has 1 aliphatic carbocycles. The van der Waals surface area contributed by atoms with Crippen LogP contribution in [0.25, 0.3) is 0 Å². The normalized spacial score (nSPS) is 26.2. The Morgan fingerprint density at radius 2 is 1.92 bits per heavy atom. The highest BCUT2D eigenvalue weighted by Gasteiger charge is 2.29. The van der Waals surface area contributed by atoms with Crippen LogP contribution in [0, 0.1) is 17.8 Å². The van der Waals surface area contributed by atoms with Crippen LogP contribution in [0.5, 0.6) is 0 Å². The number of nitrogens with one attached hydrogen (secondary N) is 2. The molecule has 1 aromatic rings. The maximum absolute atomic E-state index is 12.5.